The van der Waals surface area contributed by atoms with Gasteiger partial charge in [-0.15, -0.1) is 0 Å². The zero-order valence-corrected chi connectivity index (χ0v) is 7.83. The summed E-state index contributed by atoms with van der Waals surface area (Å²) in [6, 6.07) is 3.53. The van der Waals surface area contributed by atoms with Crippen LogP contribution < -0.4 is 0 Å². The van der Waals surface area contributed by atoms with Crippen LogP contribution in [0.2, 0.25) is 0 Å². The van der Waals surface area contributed by atoms with Crippen LogP contribution in [0, 0.1) is 11.6 Å². The summed E-state index contributed by atoms with van der Waals surface area (Å²) in [5, 5.41) is 3.35. The van der Waals surface area contributed by atoms with Crippen molar-refractivity contribution in [3.8, 4) is 0 Å². The number of halogens is 2. The smallest absolute Gasteiger partial charge is 0.129 e. The van der Waals surface area contributed by atoms with E-state index in [1.165, 1.54) is 19.9 Å². The molecule has 0 bridgehead atoms. The molecule has 3 nitrogen and oxygen atoms in total. The Morgan fingerprint density at radius 3 is 2.21 bits per heavy atom. The van der Waals surface area contributed by atoms with Crippen LogP contribution in [0.3, 0.4) is 0 Å². The zero-order valence-electron chi connectivity index (χ0n) is 7.83. The van der Waals surface area contributed by atoms with E-state index < -0.39 is 17.2 Å². The number of hydrogen-bond donors (Lipinski definition) is 0. The van der Waals surface area contributed by atoms with Crippen molar-refractivity contribution < 1.29 is 8.78 Å². The summed E-state index contributed by atoms with van der Waals surface area (Å²) < 4.78 is 26.5. The molecule has 0 spiro atoms. The first-order valence-electron chi connectivity index (χ1n) is 4.00. The molecule has 0 saturated heterocycles. The number of hydrogen-bond acceptors (Lipinski definition) is 1. The van der Waals surface area contributed by atoms with E-state index in [-0.39, 0.29) is 5.56 Å². The molecule has 5 heteroatoms. The Kier molecular flexibility index (Phi) is 2.72. The number of rotatable bonds is 2. The SMILES string of the molecule is CC(C)(N=[N+]=[N-])c1c(F)cccc1F. The van der Waals surface area contributed by atoms with E-state index in [1.54, 1.807) is 0 Å². The Labute approximate surface area is 80.0 Å². The molecule has 0 aromatic heterocycles. The maximum atomic E-state index is 13.2. The number of nitrogens with zero attached hydrogens (tertiary/aromatic N) is 3. The molecule has 0 amide bonds. The van der Waals surface area contributed by atoms with Crippen molar-refractivity contribution in [3.63, 3.8) is 0 Å². The summed E-state index contributed by atoms with van der Waals surface area (Å²) in [6.07, 6.45) is 0. The van der Waals surface area contributed by atoms with Gasteiger partial charge in [-0.05, 0) is 31.5 Å². The fourth-order valence-corrected chi connectivity index (χ4v) is 1.24. The van der Waals surface area contributed by atoms with Crippen LogP contribution in [0.4, 0.5) is 8.78 Å². The first-order valence-corrected chi connectivity index (χ1v) is 4.00. The average molecular weight is 197 g/mol. The van der Waals surface area contributed by atoms with Crippen LogP contribution in [0.25, 0.3) is 10.4 Å². The topological polar surface area (TPSA) is 48.8 Å². The molecule has 0 radical (unpaired) electrons. The van der Waals surface area contributed by atoms with E-state index in [1.807, 2.05) is 0 Å². The van der Waals surface area contributed by atoms with E-state index in [4.69, 9.17) is 5.53 Å². The Bertz CT molecular complexity index is 375. The summed E-state index contributed by atoms with van der Waals surface area (Å²) >= 11 is 0. The second-order valence-corrected chi connectivity index (χ2v) is 3.35. The molecule has 0 heterocycles. The summed E-state index contributed by atoms with van der Waals surface area (Å²) in [5.74, 6) is -1.41. The second kappa shape index (κ2) is 3.64. The van der Waals surface area contributed by atoms with Crippen molar-refractivity contribution in [3.05, 3.63) is 45.8 Å². The third-order valence-electron chi connectivity index (χ3n) is 1.87. The predicted octanol–water partition coefficient (Wildman–Crippen LogP) is 3.51. The molecule has 14 heavy (non-hydrogen) atoms. The van der Waals surface area contributed by atoms with Crippen LogP contribution in [-0.4, -0.2) is 0 Å². The van der Waals surface area contributed by atoms with E-state index in [2.05, 4.69) is 10.0 Å². The van der Waals surface area contributed by atoms with Crippen LogP contribution in [-0.2, 0) is 5.54 Å². The van der Waals surface area contributed by atoms with Gasteiger partial charge in [0.1, 0.15) is 11.6 Å². The van der Waals surface area contributed by atoms with Crippen molar-refractivity contribution >= 4 is 0 Å². The van der Waals surface area contributed by atoms with E-state index in [0.717, 1.165) is 12.1 Å². The van der Waals surface area contributed by atoms with E-state index in [0.29, 0.717) is 0 Å². The maximum absolute atomic E-state index is 13.2. The Morgan fingerprint density at radius 1 is 1.29 bits per heavy atom. The molecule has 0 aliphatic heterocycles. The van der Waals surface area contributed by atoms with Gasteiger partial charge < -0.3 is 0 Å². The minimum atomic E-state index is -1.22. The van der Waals surface area contributed by atoms with Gasteiger partial charge in [0.05, 0.1) is 5.54 Å². The van der Waals surface area contributed by atoms with Gasteiger partial charge in [-0.1, -0.05) is 11.2 Å². The predicted molar refractivity (Wildman–Crippen MR) is 48.5 cm³/mol. The first-order chi connectivity index (χ1) is 6.49. The largest absolute Gasteiger partial charge is 0.207 e. The standard InChI is InChI=1S/C9H9F2N3/c1-9(2,13-14-12)8-6(10)4-3-5-7(8)11/h3-5H,1-2H3. The van der Waals surface area contributed by atoms with Crippen molar-refractivity contribution in [1.82, 2.24) is 0 Å². The Hall–Kier alpha value is -1.61. The third-order valence-corrected chi connectivity index (χ3v) is 1.87. The lowest BCUT2D eigenvalue weighted by Gasteiger charge is -2.19. The third kappa shape index (κ3) is 1.83. The normalized spacial score (nSPS) is 10.9. The monoisotopic (exact) mass is 197 g/mol. The number of azide groups is 1. The highest BCUT2D eigenvalue weighted by molar-refractivity contribution is 5.26. The molecule has 0 saturated carbocycles. The van der Waals surface area contributed by atoms with Crippen LogP contribution >= 0.6 is 0 Å². The van der Waals surface area contributed by atoms with Crippen LogP contribution in [0.15, 0.2) is 23.3 Å². The summed E-state index contributed by atoms with van der Waals surface area (Å²) in [5.41, 5.74) is 6.83. The highest BCUT2D eigenvalue weighted by Gasteiger charge is 2.26. The molecular weight excluding hydrogens is 188 g/mol. The molecule has 0 N–H and O–H groups in total. The Morgan fingerprint density at radius 2 is 1.79 bits per heavy atom. The van der Waals surface area contributed by atoms with Gasteiger partial charge in [0.2, 0.25) is 0 Å². The van der Waals surface area contributed by atoms with Crippen LogP contribution in [0.5, 0.6) is 0 Å². The highest BCUT2D eigenvalue weighted by Crippen LogP contribution is 2.29. The molecule has 1 aromatic carbocycles. The van der Waals surface area contributed by atoms with Gasteiger partial charge in [0.25, 0.3) is 0 Å². The maximum Gasteiger partial charge on any atom is 0.129 e. The summed E-state index contributed by atoms with van der Waals surface area (Å²) in [7, 11) is 0. The molecule has 0 unspecified atom stereocenters. The molecular formula is C9H9F2N3. The van der Waals surface area contributed by atoms with Gasteiger partial charge in [-0.2, -0.15) is 0 Å². The minimum Gasteiger partial charge on any atom is -0.207 e. The number of benzene rings is 1. The van der Waals surface area contributed by atoms with Gasteiger partial charge in [0.15, 0.2) is 0 Å². The fraction of sp³-hybridized carbons (Fsp3) is 0.333. The lowest BCUT2D eigenvalue weighted by atomic mass is 9.94. The van der Waals surface area contributed by atoms with Crippen LogP contribution in [0.1, 0.15) is 19.4 Å². The van der Waals surface area contributed by atoms with Crippen molar-refractivity contribution in [1.29, 1.82) is 0 Å². The van der Waals surface area contributed by atoms with Crippen molar-refractivity contribution in [2.24, 2.45) is 5.11 Å². The summed E-state index contributed by atoms with van der Waals surface area (Å²) in [4.78, 5) is 2.56. The molecule has 1 rings (SSSR count). The Balaban J connectivity index is 3.37. The molecule has 0 aliphatic rings. The lowest BCUT2D eigenvalue weighted by Crippen LogP contribution is -2.17. The molecule has 0 aliphatic carbocycles. The van der Waals surface area contributed by atoms with Gasteiger partial charge >= 0.3 is 0 Å². The first kappa shape index (κ1) is 10.5. The minimum absolute atomic E-state index is 0.210. The fourth-order valence-electron chi connectivity index (χ4n) is 1.24. The van der Waals surface area contributed by atoms with Gasteiger partial charge in [0, 0.05) is 10.5 Å². The second-order valence-electron chi connectivity index (χ2n) is 3.35. The lowest BCUT2D eigenvalue weighted by molar-refractivity contribution is 0.458. The zero-order chi connectivity index (χ0) is 10.8. The van der Waals surface area contributed by atoms with Crippen molar-refractivity contribution in [2.75, 3.05) is 0 Å². The molecule has 0 fully saturated rings. The molecule has 0 atom stereocenters. The van der Waals surface area contributed by atoms with E-state index >= 15 is 0 Å². The molecule has 1 aromatic rings. The van der Waals surface area contributed by atoms with E-state index in [9.17, 15) is 8.78 Å². The quantitative estimate of drug-likeness (QED) is 0.395. The van der Waals surface area contributed by atoms with Gasteiger partial charge in [-0.3, -0.25) is 0 Å². The van der Waals surface area contributed by atoms with Gasteiger partial charge in [-0.25, -0.2) is 8.78 Å². The molecule has 74 valence electrons. The highest BCUT2D eigenvalue weighted by atomic mass is 19.1. The summed E-state index contributed by atoms with van der Waals surface area (Å²) in [6.45, 7) is 2.91. The average Bonchev–Trinajstić information content (AvgIpc) is 2.02. The van der Waals surface area contributed by atoms with Crippen molar-refractivity contribution in [2.45, 2.75) is 19.4 Å².